The van der Waals surface area contributed by atoms with Crippen molar-refractivity contribution in [2.45, 2.75) is 25.3 Å². The molecule has 3 heterocycles. The molecule has 0 spiro atoms. The van der Waals surface area contributed by atoms with E-state index in [1.54, 1.807) is 18.5 Å². The molecule has 1 saturated heterocycles. The maximum Gasteiger partial charge on any atom is 0.239 e. The monoisotopic (exact) mass is 468 g/mol. The summed E-state index contributed by atoms with van der Waals surface area (Å²) in [5.74, 6) is -0.0415. The van der Waals surface area contributed by atoms with Gasteiger partial charge in [-0.05, 0) is 51.2 Å². The molecule has 1 aliphatic heterocycles. The van der Waals surface area contributed by atoms with Crippen LogP contribution in [0, 0.1) is 0 Å². The van der Waals surface area contributed by atoms with E-state index in [1.807, 2.05) is 12.1 Å². The minimum absolute atomic E-state index is 0.0849. The van der Waals surface area contributed by atoms with Crippen LogP contribution in [0.4, 0.5) is 5.69 Å². The minimum atomic E-state index is -0.346. The lowest BCUT2D eigenvalue weighted by Gasteiger charge is -2.29. The Morgan fingerprint density at radius 1 is 1.18 bits per heavy atom. The summed E-state index contributed by atoms with van der Waals surface area (Å²) in [6.07, 6.45) is 7.97. The molecule has 0 unspecified atom stereocenters. The summed E-state index contributed by atoms with van der Waals surface area (Å²) in [4.78, 5) is 39.6. The average Bonchev–Trinajstić information content (AvgIpc) is 3.36. The molecule has 2 amide bonds. The van der Waals surface area contributed by atoms with E-state index in [1.165, 1.54) is 12.7 Å². The van der Waals surface area contributed by atoms with Crippen LogP contribution in [0.2, 0.25) is 0 Å². The zero-order valence-electron chi connectivity index (χ0n) is 18.3. The molecule has 0 aliphatic carbocycles. The predicted molar refractivity (Wildman–Crippen MR) is 125 cm³/mol. The SMILES string of the molecule is CN1CCC(NC(=O)Cc2cncnc2-c2cc(-c3cnco3)ccc2NC(=O)CCl)CC1. The largest absolute Gasteiger partial charge is 0.444 e. The van der Waals surface area contributed by atoms with E-state index in [9.17, 15) is 9.59 Å². The quantitative estimate of drug-likeness (QED) is 0.512. The number of carbonyl (C=O) groups excluding carboxylic acids is 2. The molecule has 2 N–H and O–H groups in total. The number of rotatable bonds is 7. The van der Waals surface area contributed by atoms with Crippen LogP contribution in [0.1, 0.15) is 18.4 Å². The van der Waals surface area contributed by atoms with Crippen LogP contribution in [0.5, 0.6) is 0 Å². The molecule has 3 aromatic rings. The molecule has 1 fully saturated rings. The van der Waals surface area contributed by atoms with Crippen molar-refractivity contribution in [3.8, 4) is 22.6 Å². The topological polar surface area (TPSA) is 113 Å². The van der Waals surface area contributed by atoms with Gasteiger partial charge in [0.2, 0.25) is 11.8 Å². The highest BCUT2D eigenvalue weighted by atomic mass is 35.5. The van der Waals surface area contributed by atoms with Crippen molar-refractivity contribution in [3.63, 3.8) is 0 Å². The third kappa shape index (κ3) is 5.74. The van der Waals surface area contributed by atoms with E-state index >= 15 is 0 Å². The number of amides is 2. The number of oxazole rings is 1. The molecule has 33 heavy (non-hydrogen) atoms. The second-order valence-corrected chi connectivity index (χ2v) is 8.29. The minimum Gasteiger partial charge on any atom is -0.444 e. The fraction of sp³-hybridized carbons (Fsp3) is 0.348. The van der Waals surface area contributed by atoms with Gasteiger partial charge in [0.15, 0.2) is 12.2 Å². The van der Waals surface area contributed by atoms with Gasteiger partial charge in [-0.25, -0.2) is 15.0 Å². The highest BCUT2D eigenvalue weighted by molar-refractivity contribution is 6.29. The first kappa shape index (κ1) is 22.9. The predicted octanol–water partition coefficient (Wildman–Crippen LogP) is 2.73. The zero-order chi connectivity index (χ0) is 23.2. The van der Waals surface area contributed by atoms with Crippen molar-refractivity contribution in [1.29, 1.82) is 0 Å². The van der Waals surface area contributed by atoms with Gasteiger partial charge in [-0.3, -0.25) is 9.59 Å². The number of halogens is 1. The molecule has 2 aromatic heterocycles. The lowest BCUT2D eigenvalue weighted by Crippen LogP contribution is -2.43. The van der Waals surface area contributed by atoms with Crippen LogP contribution in [-0.4, -0.2) is 63.7 Å². The van der Waals surface area contributed by atoms with Crippen molar-refractivity contribution >= 4 is 29.1 Å². The number of carbonyl (C=O) groups is 2. The fourth-order valence-electron chi connectivity index (χ4n) is 3.88. The van der Waals surface area contributed by atoms with Crippen molar-refractivity contribution in [3.05, 3.63) is 48.9 Å². The van der Waals surface area contributed by atoms with E-state index in [2.05, 4.69) is 37.5 Å². The van der Waals surface area contributed by atoms with Gasteiger partial charge in [0, 0.05) is 28.9 Å². The Labute approximate surface area is 196 Å². The average molecular weight is 469 g/mol. The van der Waals surface area contributed by atoms with Gasteiger partial charge in [0.05, 0.1) is 24.0 Å². The lowest BCUT2D eigenvalue weighted by molar-refractivity contribution is -0.121. The molecule has 0 radical (unpaired) electrons. The number of likely N-dealkylation sites (tertiary alicyclic amines) is 1. The molecule has 0 atom stereocenters. The number of hydrogen-bond acceptors (Lipinski definition) is 7. The molecule has 0 bridgehead atoms. The number of alkyl halides is 1. The number of nitrogens with one attached hydrogen (secondary N) is 2. The van der Waals surface area contributed by atoms with Crippen molar-refractivity contribution in [1.82, 2.24) is 25.2 Å². The molecule has 10 heteroatoms. The molecule has 4 rings (SSSR count). The number of benzene rings is 1. The second-order valence-electron chi connectivity index (χ2n) is 8.03. The number of piperidine rings is 1. The number of aromatic nitrogens is 3. The zero-order valence-corrected chi connectivity index (χ0v) is 19.0. The maximum absolute atomic E-state index is 12.8. The Kier molecular flexibility index (Phi) is 7.31. The molecule has 172 valence electrons. The summed E-state index contributed by atoms with van der Waals surface area (Å²) in [6, 6.07) is 5.56. The number of anilines is 1. The van der Waals surface area contributed by atoms with Crippen molar-refractivity contribution < 1.29 is 14.0 Å². The third-order valence-electron chi connectivity index (χ3n) is 5.61. The van der Waals surface area contributed by atoms with Gasteiger partial charge >= 0.3 is 0 Å². The standard InChI is InChI=1S/C23H25ClN6O3/c1-30-6-4-17(5-7-30)28-21(31)9-16-11-25-13-27-23(16)18-8-15(20-12-26-14-33-20)2-3-19(18)29-22(32)10-24/h2-3,8,11-14,17H,4-7,9-10H2,1H3,(H,28,31)(H,29,32). The maximum atomic E-state index is 12.8. The highest BCUT2D eigenvalue weighted by Crippen LogP contribution is 2.33. The Morgan fingerprint density at radius 3 is 2.73 bits per heavy atom. The normalized spacial score (nSPS) is 14.7. The Hall–Kier alpha value is -3.30. The van der Waals surface area contributed by atoms with E-state index in [4.69, 9.17) is 16.0 Å². The summed E-state index contributed by atoms with van der Waals surface area (Å²) in [6.45, 7) is 1.92. The van der Waals surface area contributed by atoms with Crippen LogP contribution >= 0.6 is 11.6 Å². The first-order chi connectivity index (χ1) is 16.0. The van der Waals surface area contributed by atoms with Crippen LogP contribution in [-0.2, 0) is 16.0 Å². The summed E-state index contributed by atoms with van der Waals surface area (Å²) in [7, 11) is 2.08. The van der Waals surface area contributed by atoms with Crippen molar-refractivity contribution in [2.24, 2.45) is 0 Å². The van der Waals surface area contributed by atoms with Gasteiger partial charge < -0.3 is 20.0 Å². The van der Waals surface area contributed by atoms with E-state index in [0.717, 1.165) is 31.5 Å². The smallest absolute Gasteiger partial charge is 0.239 e. The summed E-state index contributed by atoms with van der Waals surface area (Å²) < 4.78 is 5.42. The van der Waals surface area contributed by atoms with Crippen LogP contribution < -0.4 is 10.6 Å². The summed E-state index contributed by atoms with van der Waals surface area (Å²) >= 11 is 5.70. The number of hydrogen-bond donors (Lipinski definition) is 2. The van der Waals surface area contributed by atoms with Gasteiger partial charge in [0.1, 0.15) is 12.2 Å². The van der Waals surface area contributed by atoms with Crippen LogP contribution in [0.3, 0.4) is 0 Å². The van der Waals surface area contributed by atoms with Gasteiger partial charge in [-0.1, -0.05) is 0 Å². The molecular formula is C23H25ClN6O3. The van der Waals surface area contributed by atoms with E-state index < -0.39 is 0 Å². The Morgan fingerprint density at radius 2 is 2.00 bits per heavy atom. The number of nitrogens with zero attached hydrogens (tertiary/aromatic N) is 4. The van der Waals surface area contributed by atoms with Gasteiger partial charge in [-0.15, -0.1) is 11.6 Å². The Bertz CT molecular complexity index is 1110. The van der Waals surface area contributed by atoms with Gasteiger partial charge in [-0.2, -0.15) is 0 Å². The molecule has 1 aliphatic rings. The molecule has 9 nitrogen and oxygen atoms in total. The van der Waals surface area contributed by atoms with Crippen LogP contribution in [0.25, 0.3) is 22.6 Å². The molecule has 1 aromatic carbocycles. The molecule has 0 saturated carbocycles. The van der Waals surface area contributed by atoms with E-state index in [0.29, 0.717) is 28.3 Å². The van der Waals surface area contributed by atoms with Gasteiger partial charge in [0.25, 0.3) is 0 Å². The summed E-state index contributed by atoms with van der Waals surface area (Å²) in [5.41, 5.74) is 3.12. The highest BCUT2D eigenvalue weighted by Gasteiger charge is 2.21. The van der Waals surface area contributed by atoms with Crippen LogP contribution in [0.15, 0.2) is 47.7 Å². The Balaban J connectivity index is 1.63. The second kappa shape index (κ2) is 10.5. The fourth-order valence-corrected chi connectivity index (χ4v) is 3.95. The third-order valence-corrected chi connectivity index (χ3v) is 5.85. The summed E-state index contributed by atoms with van der Waals surface area (Å²) in [5, 5.41) is 5.92. The lowest BCUT2D eigenvalue weighted by atomic mass is 9.99. The van der Waals surface area contributed by atoms with E-state index in [-0.39, 0.29) is 30.2 Å². The first-order valence-corrected chi connectivity index (χ1v) is 11.2. The molecular weight excluding hydrogens is 444 g/mol. The first-order valence-electron chi connectivity index (χ1n) is 10.7. The van der Waals surface area contributed by atoms with Crippen molar-refractivity contribution in [2.75, 3.05) is 31.3 Å².